The van der Waals surface area contributed by atoms with Gasteiger partial charge in [-0.25, -0.2) is 4.79 Å². The topological polar surface area (TPSA) is 81.4 Å². The highest BCUT2D eigenvalue weighted by Gasteiger charge is 2.15. The van der Waals surface area contributed by atoms with E-state index >= 15 is 0 Å². The van der Waals surface area contributed by atoms with Crippen LogP contribution in [0.4, 0.5) is 0 Å². The van der Waals surface area contributed by atoms with Gasteiger partial charge in [0.1, 0.15) is 11.2 Å². The molecule has 0 aliphatic carbocycles. The first kappa shape index (κ1) is 19.9. The van der Waals surface area contributed by atoms with Crippen molar-refractivity contribution < 1.29 is 14.6 Å². The minimum absolute atomic E-state index is 0.218. The third-order valence-corrected chi connectivity index (χ3v) is 4.59. The van der Waals surface area contributed by atoms with Crippen molar-refractivity contribution in [2.75, 3.05) is 7.11 Å². The standard InChI is InChI=1S/C20H28N2O4/c1-3-4-5-6-7-8-9-10-13-22-14-16(20(24)25)18(23)15-11-12-17(26-2)21-19(15)22/h11-12,14H,3-10,13H2,1-2H3,(H,24,25). The van der Waals surface area contributed by atoms with E-state index in [0.717, 1.165) is 12.8 Å². The number of rotatable bonds is 11. The molecule has 0 saturated carbocycles. The summed E-state index contributed by atoms with van der Waals surface area (Å²) in [6.07, 6.45) is 10.9. The number of fused-ring (bicyclic) bond motifs is 1. The first-order chi connectivity index (χ1) is 12.6. The van der Waals surface area contributed by atoms with E-state index in [9.17, 15) is 14.7 Å². The number of unbranched alkanes of at least 4 members (excludes halogenated alkanes) is 7. The Morgan fingerprint density at radius 2 is 1.77 bits per heavy atom. The van der Waals surface area contributed by atoms with Gasteiger partial charge < -0.3 is 14.4 Å². The van der Waals surface area contributed by atoms with E-state index in [2.05, 4.69) is 11.9 Å². The molecule has 0 spiro atoms. The Balaban J connectivity index is 2.11. The van der Waals surface area contributed by atoms with Gasteiger partial charge in [-0.15, -0.1) is 0 Å². The van der Waals surface area contributed by atoms with Crippen LogP contribution >= 0.6 is 0 Å². The SMILES string of the molecule is CCCCCCCCCCn1cc(C(=O)O)c(=O)c2ccc(OC)nc21. The summed E-state index contributed by atoms with van der Waals surface area (Å²) < 4.78 is 6.91. The predicted octanol–water partition coefficient (Wildman–Crippen LogP) is 4.24. The zero-order chi connectivity index (χ0) is 18.9. The van der Waals surface area contributed by atoms with Gasteiger partial charge in [-0.05, 0) is 12.5 Å². The number of methoxy groups -OCH3 is 1. The summed E-state index contributed by atoms with van der Waals surface area (Å²) in [6, 6.07) is 3.16. The Morgan fingerprint density at radius 1 is 1.12 bits per heavy atom. The van der Waals surface area contributed by atoms with Crippen molar-refractivity contribution >= 4 is 17.0 Å². The van der Waals surface area contributed by atoms with Gasteiger partial charge in [0, 0.05) is 18.8 Å². The van der Waals surface area contributed by atoms with E-state index in [1.165, 1.54) is 51.8 Å². The molecule has 0 saturated heterocycles. The molecule has 0 aliphatic rings. The van der Waals surface area contributed by atoms with E-state index in [4.69, 9.17) is 4.74 Å². The molecule has 6 nitrogen and oxygen atoms in total. The summed E-state index contributed by atoms with van der Waals surface area (Å²) in [7, 11) is 1.51. The zero-order valence-electron chi connectivity index (χ0n) is 15.7. The summed E-state index contributed by atoms with van der Waals surface area (Å²) in [5.41, 5.74) is -0.249. The number of carboxylic acid groups (broad SMARTS) is 1. The molecule has 26 heavy (non-hydrogen) atoms. The quantitative estimate of drug-likeness (QED) is 0.606. The molecule has 0 atom stereocenters. The fourth-order valence-corrected chi connectivity index (χ4v) is 3.10. The Bertz CT molecular complexity index is 798. The van der Waals surface area contributed by atoms with Crippen molar-refractivity contribution in [2.24, 2.45) is 0 Å². The Labute approximate surface area is 153 Å². The molecule has 2 heterocycles. The number of aromatic carboxylic acids is 1. The number of aromatic nitrogens is 2. The van der Waals surface area contributed by atoms with Crippen molar-refractivity contribution in [3.05, 3.63) is 34.1 Å². The number of hydrogen-bond donors (Lipinski definition) is 1. The number of carbonyl (C=O) groups is 1. The van der Waals surface area contributed by atoms with Crippen LogP contribution in [-0.4, -0.2) is 27.7 Å². The molecular weight excluding hydrogens is 332 g/mol. The predicted molar refractivity (Wildman–Crippen MR) is 102 cm³/mol. The third-order valence-electron chi connectivity index (χ3n) is 4.59. The van der Waals surface area contributed by atoms with Gasteiger partial charge in [-0.3, -0.25) is 4.79 Å². The maximum Gasteiger partial charge on any atom is 0.341 e. The smallest absolute Gasteiger partial charge is 0.341 e. The van der Waals surface area contributed by atoms with Gasteiger partial charge in [0.05, 0.1) is 12.5 Å². The van der Waals surface area contributed by atoms with E-state index in [1.807, 2.05) is 0 Å². The summed E-state index contributed by atoms with van der Waals surface area (Å²) in [5, 5.41) is 9.61. The number of ether oxygens (including phenoxy) is 1. The monoisotopic (exact) mass is 360 g/mol. The number of carboxylic acids is 1. The lowest BCUT2D eigenvalue weighted by molar-refractivity contribution is 0.0695. The number of pyridine rings is 2. The van der Waals surface area contributed by atoms with Crippen molar-refractivity contribution in [1.29, 1.82) is 0 Å². The molecule has 0 amide bonds. The van der Waals surface area contributed by atoms with Crippen LogP contribution in [0.2, 0.25) is 0 Å². The van der Waals surface area contributed by atoms with Crippen LogP contribution in [-0.2, 0) is 6.54 Å². The summed E-state index contributed by atoms with van der Waals surface area (Å²) in [5.74, 6) is -0.804. The average Bonchev–Trinajstić information content (AvgIpc) is 2.64. The van der Waals surface area contributed by atoms with E-state index in [1.54, 1.807) is 16.7 Å². The molecule has 2 aromatic rings. The molecular formula is C20H28N2O4. The van der Waals surface area contributed by atoms with Crippen molar-refractivity contribution in [1.82, 2.24) is 9.55 Å². The molecule has 0 bridgehead atoms. The number of nitrogens with zero attached hydrogens (tertiary/aromatic N) is 2. The van der Waals surface area contributed by atoms with Gasteiger partial charge in [-0.2, -0.15) is 4.98 Å². The lowest BCUT2D eigenvalue weighted by Gasteiger charge is -2.12. The fourth-order valence-electron chi connectivity index (χ4n) is 3.10. The third kappa shape index (κ3) is 5.07. The highest BCUT2D eigenvalue weighted by atomic mass is 16.5. The van der Waals surface area contributed by atoms with E-state index in [0.29, 0.717) is 23.5 Å². The van der Waals surface area contributed by atoms with Crippen LogP contribution in [0, 0.1) is 0 Å². The summed E-state index contributed by atoms with van der Waals surface area (Å²) >= 11 is 0. The molecule has 142 valence electrons. The lowest BCUT2D eigenvalue weighted by atomic mass is 10.1. The second-order valence-corrected chi connectivity index (χ2v) is 6.57. The molecule has 1 N–H and O–H groups in total. The number of hydrogen-bond acceptors (Lipinski definition) is 4. The Hall–Kier alpha value is -2.37. The maximum atomic E-state index is 12.3. The lowest BCUT2D eigenvalue weighted by Crippen LogP contribution is -2.19. The molecule has 2 aromatic heterocycles. The first-order valence-corrected chi connectivity index (χ1v) is 9.40. The average molecular weight is 360 g/mol. The van der Waals surface area contributed by atoms with Crippen LogP contribution in [0.5, 0.6) is 5.88 Å². The van der Waals surface area contributed by atoms with E-state index in [-0.39, 0.29) is 5.56 Å². The van der Waals surface area contributed by atoms with Crippen molar-refractivity contribution in [3.63, 3.8) is 0 Å². The normalized spacial score (nSPS) is 11.0. The van der Waals surface area contributed by atoms with Gasteiger partial charge in [0.15, 0.2) is 0 Å². The molecule has 0 fully saturated rings. The van der Waals surface area contributed by atoms with Gasteiger partial charge in [-0.1, -0.05) is 51.9 Å². The molecule has 0 radical (unpaired) electrons. The van der Waals surface area contributed by atoms with Gasteiger partial charge in [0.2, 0.25) is 11.3 Å². The fraction of sp³-hybridized carbons (Fsp3) is 0.550. The second-order valence-electron chi connectivity index (χ2n) is 6.57. The zero-order valence-corrected chi connectivity index (χ0v) is 15.7. The molecule has 0 aromatic carbocycles. The minimum atomic E-state index is -1.21. The van der Waals surface area contributed by atoms with Crippen LogP contribution in [0.25, 0.3) is 11.0 Å². The minimum Gasteiger partial charge on any atom is -0.481 e. The van der Waals surface area contributed by atoms with Gasteiger partial charge >= 0.3 is 5.97 Å². The molecule has 6 heteroatoms. The molecule has 2 rings (SSSR count). The summed E-state index contributed by atoms with van der Waals surface area (Å²) in [6.45, 7) is 2.84. The summed E-state index contributed by atoms with van der Waals surface area (Å²) in [4.78, 5) is 28.1. The van der Waals surface area contributed by atoms with E-state index < -0.39 is 11.4 Å². The van der Waals surface area contributed by atoms with Crippen LogP contribution in [0.15, 0.2) is 23.1 Å². The van der Waals surface area contributed by atoms with Crippen LogP contribution in [0.3, 0.4) is 0 Å². The highest BCUT2D eigenvalue weighted by Crippen LogP contribution is 2.16. The van der Waals surface area contributed by atoms with Gasteiger partial charge in [0.25, 0.3) is 0 Å². The highest BCUT2D eigenvalue weighted by molar-refractivity contribution is 5.91. The number of aryl methyl sites for hydroxylation is 1. The maximum absolute atomic E-state index is 12.3. The Morgan fingerprint density at radius 3 is 2.38 bits per heavy atom. The molecule has 0 aliphatic heterocycles. The van der Waals surface area contributed by atoms with Crippen LogP contribution < -0.4 is 10.2 Å². The van der Waals surface area contributed by atoms with Crippen molar-refractivity contribution in [2.45, 2.75) is 64.8 Å². The second kappa shape index (κ2) is 9.94. The Kier molecular flexibility index (Phi) is 7.63. The largest absolute Gasteiger partial charge is 0.481 e. The van der Waals surface area contributed by atoms with Crippen LogP contribution in [0.1, 0.15) is 68.6 Å². The first-order valence-electron chi connectivity index (χ1n) is 9.40. The van der Waals surface area contributed by atoms with Crippen molar-refractivity contribution in [3.8, 4) is 5.88 Å². The molecule has 0 unspecified atom stereocenters.